The molecule has 0 spiro atoms. The first kappa shape index (κ1) is 21.7. The Labute approximate surface area is 174 Å². The molecule has 1 N–H and O–H groups in total. The summed E-state index contributed by atoms with van der Waals surface area (Å²) in [6, 6.07) is 5.65. The minimum atomic E-state index is -4.72. The first-order chi connectivity index (χ1) is 14.0. The molecule has 0 unspecified atom stereocenters. The number of benzene rings is 2. The van der Waals surface area contributed by atoms with Crippen LogP contribution in [0, 0.1) is 12.7 Å². The zero-order valence-corrected chi connectivity index (χ0v) is 16.4. The Balaban J connectivity index is 2.04. The fourth-order valence-corrected chi connectivity index (χ4v) is 3.28. The van der Waals surface area contributed by atoms with Crippen LogP contribution in [0.5, 0.6) is 0 Å². The van der Waals surface area contributed by atoms with Crippen molar-refractivity contribution in [1.82, 2.24) is 5.32 Å². The molecule has 0 aromatic heterocycles. The number of hydrogen-bond donors (Lipinski definition) is 1. The van der Waals surface area contributed by atoms with Crippen LogP contribution in [0.2, 0.25) is 5.02 Å². The summed E-state index contributed by atoms with van der Waals surface area (Å²) in [5.41, 5.74) is 0.0787. The Kier molecular flexibility index (Phi) is 6.07. The Hall–Kier alpha value is -3.00. The Morgan fingerprint density at radius 1 is 1.20 bits per heavy atom. The maximum atomic E-state index is 13.4. The van der Waals surface area contributed by atoms with Crippen molar-refractivity contribution >= 4 is 29.5 Å². The fraction of sp³-hybridized carbons (Fsp3) is 0.190. The zero-order valence-electron chi connectivity index (χ0n) is 15.6. The van der Waals surface area contributed by atoms with Crippen LogP contribution < -0.4 is 5.32 Å². The smallest absolute Gasteiger partial charge is 0.320 e. The van der Waals surface area contributed by atoms with Crippen molar-refractivity contribution in [2.75, 3.05) is 6.54 Å². The van der Waals surface area contributed by atoms with Crippen LogP contribution in [0.25, 0.3) is 0 Å². The molecule has 0 aliphatic carbocycles. The molecule has 0 radical (unpaired) electrons. The zero-order chi connectivity index (χ0) is 22.1. The van der Waals surface area contributed by atoms with E-state index in [0.29, 0.717) is 11.1 Å². The molecule has 1 heterocycles. The van der Waals surface area contributed by atoms with Gasteiger partial charge >= 0.3 is 6.18 Å². The van der Waals surface area contributed by atoms with Crippen molar-refractivity contribution in [1.29, 1.82) is 0 Å². The molecular formula is C21H15ClF4N2O2. The first-order valence-electron chi connectivity index (χ1n) is 8.75. The lowest BCUT2D eigenvalue weighted by Gasteiger charge is -2.17. The number of allylic oxidation sites excluding steroid dienone is 1. The van der Waals surface area contributed by atoms with Crippen molar-refractivity contribution in [3.63, 3.8) is 0 Å². The average Bonchev–Trinajstić information content (AvgIpc) is 2.64. The number of nitrogens with zero attached hydrogens (tertiary/aromatic N) is 1. The number of dihydropyridines is 1. The van der Waals surface area contributed by atoms with Gasteiger partial charge in [-0.15, -0.1) is 0 Å². The summed E-state index contributed by atoms with van der Waals surface area (Å²) in [6.07, 6.45) is -2.31. The number of carbonyl (C=O) groups excluding carboxylic acids is 2. The predicted octanol–water partition coefficient (Wildman–Crippen LogP) is 4.66. The van der Waals surface area contributed by atoms with Crippen LogP contribution in [0.1, 0.15) is 32.6 Å². The van der Waals surface area contributed by atoms with Crippen LogP contribution in [0.3, 0.4) is 0 Å². The second kappa shape index (κ2) is 8.39. The molecule has 30 heavy (non-hydrogen) atoms. The van der Waals surface area contributed by atoms with E-state index in [1.54, 1.807) is 6.92 Å². The van der Waals surface area contributed by atoms with Gasteiger partial charge < -0.3 is 5.32 Å². The molecular weight excluding hydrogens is 424 g/mol. The number of nitrogens with one attached hydrogen (secondary N) is 1. The third-order valence-corrected chi connectivity index (χ3v) is 4.79. The van der Waals surface area contributed by atoms with Crippen molar-refractivity contribution in [3.8, 4) is 0 Å². The summed E-state index contributed by atoms with van der Waals surface area (Å²) in [5.74, 6) is -1.54. The van der Waals surface area contributed by atoms with E-state index in [4.69, 9.17) is 11.6 Å². The van der Waals surface area contributed by atoms with E-state index in [9.17, 15) is 27.2 Å². The standard InChI is InChI=1S/C21H15ClF4N2O2/c1-11-4-14(23)3-2-12(11)5-13-6-18(21(24,25)26)19(22)8-17(13)20(30)28-15-7-16(29)10-27-9-15/h2-4,6-9H,5,10H2,1H3,(H,28,30). The van der Waals surface area contributed by atoms with E-state index in [1.807, 2.05) is 0 Å². The Bertz CT molecular complexity index is 1090. The van der Waals surface area contributed by atoms with E-state index in [2.05, 4.69) is 10.3 Å². The van der Waals surface area contributed by atoms with Gasteiger partial charge in [0.25, 0.3) is 5.91 Å². The number of aryl methyl sites for hydroxylation is 1. The SMILES string of the molecule is Cc1cc(F)ccc1Cc1cc(C(F)(F)F)c(Cl)cc1C(=O)NC1=CC(=O)CN=C1. The highest BCUT2D eigenvalue weighted by Crippen LogP contribution is 2.37. The Morgan fingerprint density at radius 2 is 1.93 bits per heavy atom. The van der Waals surface area contributed by atoms with Gasteiger partial charge in [-0.25, -0.2) is 4.39 Å². The molecule has 1 amide bonds. The van der Waals surface area contributed by atoms with Gasteiger partial charge in [-0.1, -0.05) is 17.7 Å². The Morgan fingerprint density at radius 3 is 2.57 bits per heavy atom. The molecule has 2 aromatic carbocycles. The van der Waals surface area contributed by atoms with Crippen molar-refractivity contribution in [3.05, 3.63) is 80.8 Å². The van der Waals surface area contributed by atoms with E-state index in [-0.39, 0.29) is 35.6 Å². The quantitative estimate of drug-likeness (QED) is 0.706. The van der Waals surface area contributed by atoms with Crippen LogP contribution in [0.4, 0.5) is 17.6 Å². The van der Waals surface area contributed by atoms with Gasteiger partial charge in [-0.3, -0.25) is 14.6 Å². The monoisotopic (exact) mass is 438 g/mol. The highest BCUT2D eigenvalue weighted by atomic mass is 35.5. The van der Waals surface area contributed by atoms with Gasteiger partial charge in [-0.05, 0) is 54.3 Å². The fourth-order valence-electron chi connectivity index (χ4n) is 3.01. The van der Waals surface area contributed by atoms with E-state index >= 15 is 0 Å². The van der Waals surface area contributed by atoms with Gasteiger partial charge in [0, 0.05) is 17.9 Å². The topological polar surface area (TPSA) is 58.5 Å². The lowest BCUT2D eigenvalue weighted by molar-refractivity contribution is -0.137. The molecule has 0 saturated carbocycles. The molecule has 9 heteroatoms. The van der Waals surface area contributed by atoms with Crippen LogP contribution in [-0.4, -0.2) is 24.4 Å². The summed E-state index contributed by atoms with van der Waals surface area (Å²) in [4.78, 5) is 28.0. The van der Waals surface area contributed by atoms with Gasteiger partial charge in [-0.2, -0.15) is 13.2 Å². The normalized spacial score (nSPS) is 13.9. The first-order valence-corrected chi connectivity index (χ1v) is 9.12. The molecule has 3 rings (SSSR count). The van der Waals surface area contributed by atoms with Crippen LogP contribution in [-0.2, 0) is 17.4 Å². The number of carbonyl (C=O) groups is 2. The molecule has 156 valence electrons. The summed E-state index contributed by atoms with van der Waals surface area (Å²) in [5, 5.41) is 1.82. The molecule has 0 atom stereocenters. The molecule has 4 nitrogen and oxygen atoms in total. The minimum Gasteiger partial charge on any atom is -0.320 e. The lowest BCUT2D eigenvalue weighted by Crippen LogP contribution is -2.27. The number of hydrogen-bond acceptors (Lipinski definition) is 3. The van der Waals surface area contributed by atoms with Gasteiger partial charge in [0.05, 0.1) is 16.3 Å². The number of alkyl halides is 3. The summed E-state index contributed by atoms with van der Waals surface area (Å²) in [6.45, 7) is 1.58. The lowest BCUT2D eigenvalue weighted by atomic mass is 9.94. The predicted molar refractivity (Wildman–Crippen MR) is 104 cm³/mol. The number of ketones is 1. The summed E-state index contributed by atoms with van der Waals surface area (Å²) in [7, 11) is 0. The molecule has 1 aliphatic rings. The minimum absolute atomic E-state index is 0.0411. The van der Waals surface area contributed by atoms with Crippen molar-refractivity contribution in [2.24, 2.45) is 4.99 Å². The third kappa shape index (κ3) is 4.94. The van der Waals surface area contributed by atoms with Crippen molar-refractivity contribution < 1.29 is 27.2 Å². The molecule has 2 aromatic rings. The van der Waals surface area contributed by atoms with E-state index in [1.165, 1.54) is 30.5 Å². The maximum Gasteiger partial charge on any atom is 0.417 e. The maximum absolute atomic E-state index is 13.4. The number of halogens is 5. The average molecular weight is 439 g/mol. The van der Waals surface area contributed by atoms with E-state index in [0.717, 1.165) is 12.1 Å². The highest BCUT2D eigenvalue weighted by molar-refractivity contribution is 6.32. The summed E-state index contributed by atoms with van der Waals surface area (Å²) >= 11 is 5.81. The van der Waals surface area contributed by atoms with Crippen molar-refractivity contribution in [2.45, 2.75) is 19.5 Å². The molecule has 0 bridgehead atoms. The van der Waals surface area contributed by atoms with Gasteiger partial charge in [0.1, 0.15) is 12.4 Å². The molecule has 0 fully saturated rings. The van der Waals surface area contributed by atoms with Gasteiger partial charge in [0.2, 0.25) is 0 Å². The number of aliphatic imine (C=N–C) groups is 1. The van der Waals surface area contributed by atoms with Crippen LogP contribution in [0.15, 0.2) is 47.1 Å². The second-order valence-electron chi connectivity index (χ2n) is 6.72. The van der Waals surface area contributed by atoms with Crippen LogP contribution >= 0.6 is 11.6 Å². The second-order valence-corrected chi connectivity index (χ2v) is 7.13. The van der Waals surface area contributed by atoms with E-state index < -0.39 is 28.5 Å². The number of amides is 1. The summed E-state index contributed by atoms with van der Waals surface area (Å²) < 4.78 is 53.4. The third-order valence-electron chi connectivity index (χ3n) is 4.48. The number of rotatable bonds is 4. The highest BCUT2D eigenvalue weighted by Gasteiger charge is 2.34. The van der Waals surface area contributed by atoms with Gasteiger partial charge in [0.15, 0.2) is 5.78 Å². The largest absolute Gasteiger partial charge is 0.417 e. The molecule has 0 saturated heterocycles. The molecule has 1 aliphatic heterocycles.